The fourth-order valence-corrected chi connectivity index (χ4v) is 4.40. The van der Waals surface area contributed by atoms with Crippen molar-refractivity contribution in [3.05, 3.63) is 76.5 Å². The van der Waals surface area contributed by atoms with Crippen molar-refractivity contribution in [2.45, 2.75) is 18.7 Å². The second kappa shape index (κ2) is 8.71. The Kier molecular flexibility index (Phi) is 5.98. The minimum absolute atomic E-state index is 0.0106. The quantitative estimate of drug-likeness (QED) is 0.395. The number of anilines is 1. The molecule has 1 N–H and O–H groups in total. The molecule has 0 saturated heterocycles. The summed E-state index contributed by atoms with van der Waals surface area (Å²) < 4.78 is 36.3. The fourth-order valence-electron chi connectivity index (χ4n) is 3.21. The molecule has 10 heteroatoms. The lowest BCUT2D eigenvalue weighted by atomic mass is 10.00. The predicted molar refractivity (Wildman–Crippen MR) is 125 cm³/mol. The van der Waals surface area contributed by atoms with Crippen molar-refractivity contribution >= 4 is 31.9 Å². The first-order chi connectivity index (χ1) is 15.2. The number of nitrogens with one attached hydrogen (secondary N) is 1. The minimum atomic E-state index is -3.93. The van der Waals surface area contributed by atoms with E-state index in [-0.39, 0.29) is 16.7 Å². The third kappa shape index (κ3) is 4.81. The van der Waals surface area contributed by atoms with Gasteiger partial charge in [-0.15, -0.1) is 0 Å². The maximum Gasteiger partial charge on any atom is 0.267 e. The van der Waals surface area contributed by atoms with Crippen molar-refractivity contribution in [3.63, 3.8) is 0 Å². The number of nitrogens with zero attached hydrogens (tertiary/aromatic N) is 4. The summed E-state index contributed by atoms with van der Waals surface area (Å²) >= 11 is 3.39. The second-order valence-corrected chi connectivity index (χ2v) is 9.79. The number of ether oxygens (including phenoxy) is 1. The van der Waals surface area contributed by atoms with E-state index in [1.54, 1.807) is 25.2 Å². The molecule has 2 aromatic heterocycles. The Bertz CT molecular complexity index is 1360. The Labute approximate surface area is 194 Å². The lowest BCUT2D eigenvalue weighted by Gasteiger charge is -2.13. The molecule has 0 fully saturated rings. The number of aryl methyl sites for hydroxylation is 3. The van der Waals surface area contributed by atoms with Crippen LogP contribution in [0.2, 0.25) is 0 Å². The summed E-state index contributed by atoms with van der Waals surface area (Å²) in [5, 5.41) is 3.92. The van der Waals surface area contributed by atoms with Crippen LogP contribution in [0.25, 0.3) is 11.3 Å². The minimum Gasteiger partial charge on any atom is -0.439 e. The largest absolute Gasteiger partial charge is 0.439 e. The normalized spacial score (nSPS) is 11.4. The van der Waals surface area contributed by atoms with E-state index in [0.29, 0.717) is 11.4 Å². The van der Waals surface area contributed by atoms with Crippen LogP contribution < -0.4 is 9.46 Å². The first-order valence-corrected chi connectivity index (χ1v) is 11.9. The number of benzene rings is 2. The molecule has 0 radical (unpaired) electrons. The number of hydrogen-bond acceptors (Lipinski definition) is 6. The highest BCUT2D eigenvalue weighted by Crippen LogP contribution is 2.31. The maximum atomic E-state index is 12.8. The summed E-state index contributed by atoms with van der Waals surface area (Å²) in [6, 6.07) is 14.8. The molecule has 0 amide bonds. The van der Waals surface area contributed by atoms with Crippen molar-refractivity contribution in [2.75, 3.05) is 4.72 Å². The van der Waals surface area contributed by atoms with Crippen molar-refractivity contribution < 1.29 is 13.2 Å². The molecule has 4 rings (SSSR count). The molecule has 0 spiro atoms. The SMILES string of the molecule is Cc1cccc(C)c1-c1cc(Oc2ccc(Br)cc2)nc(NS(=O)(=O)c2cnn(C)c2)n1. The number of aromatic nitrogens is 4. The summed E-state index contributed by atoms with van der Waals surface area (Å²) in [5.74, 6) is 0.672. The number of rotatable bonds is 6. The summed E-state index contributed by atoms with van der Waals surface area (Å²) in [6.45, 7) is 3.94. The van der Waals surface area contributed by atoms with Gasteiger partial charge in [-0.1, -0.05) is 34.1 Å². The molecule has 0 aliphatic rings. The summed E-state index contributed by atoms with van der Waals surface area (Å²) in [5.41, 5.74) is 3.43. The molecule has 2 aromatic carbocycles. The van der Waals surface area contributed by atoms with E-state index < -0.39 is 10.0 Å². The first-order valence-electron chi connectivity index (χ1n) is 9.62. The van der Waals surface area contributed by atoms with Crippen LogP contribution >= 0.6 is 15.9 Å². The second-order valence-electron chi connectivity index (χ2n) is 7.19. The summed E-state index contributed by atoms with van der Waals surface area (Å²) in [7, 11) is -2.29. The maximum absolute atomic E-state index is 12.8. The van der Waals surface area contributed by atoms with Crippen molar-refractivity contribution in [3.8, 4) is 22.9 Å². The van der Waals surface area contributed by atoms with Crippen molar-refractivity contribution in [1.82, 2.24) is 19.7 Å². The highest BCUT2D eigenvalue weighted by Gasteiger charge is 2.20. The number of hydrogen-bond donors (Lipinski definition) is 1. The van der Waals surface area contributed by atoms with Crippen LogP contribution in [-0.4, -0.2) is 28.2 Å². The fraction of sp³-hybridized carbons (Fsp3) is 0.136. The standard InChI is InChI=1S/C22H20BrN5O3S/c1-14-5-4-6-15(2)21(14)19-11-20(31-17-9-7-16(23)8-10-17)26-22(25-19)27-32(29,30)18-12-24-28(3)13-18/h4-13H,1-3H3,(H,25,26,27). The molecule has 0 saturated carbocycles. The molecule has 4 aromatic rings. The zero-order valence-corrected chi connectivity index (χ0v) is 20.0. The molecule has 0 bridgehead atoms. The lowest BCUT2D eigenvalue weighted by molar-refractivity contribution is 0.463. The highest BCUT2D eigenvalue weighted by atomic mass is 79.9. The Hall–Kier alpha value is -3.24. The average molecular weight is 514 g/mol. The van der Waals surface area contributed by atoms with Crippen LogP contribution in [0.15, 0.2) is 70.3 Å². The molecule has 8 nitrogen and oxygen atoms in total. The van der Waals surface area contributed by atoms with Gasteiger partial charge in [-0.3, -0.25) is 4.68 Å². The van der Waals surface area contributed by atoms with Crippen molar-refractivity contribution in [2.24, 2.45) is 7.05 Å². The average Bonchev–Trinajstić information content (AvgIpc) is 3.17. The van der Waals surface area contributed by atoms with Crippen LogP contribution in [0.1, 0.15) is 11.1 Å². The third-order valence-corrected chi connectivity index (χ3v) is 6.50. The number of halogens is 1. The summed E-state index contributed by atoms with van der Waals surface area (Å²) in [4.78, 5) is 8.78. The van der Waals surface area contributed by atoms with E-state index in [4.69, 9.17) is 4.74 Å². The van der Waals surface area contributed by atoms with E-state index in [2.05, 4.69) is 35.7 Å². The molecule has 0 atom stereocenters. The van der Waals surface area contributed by atoms with E-state index in [1.165, 1.54) is 17.1 Å². The van der Waals surface area contributed by atoms with Gasteiger partial charge in [0.05, 0.1) is 11.9 Å². The molecule has 164 valence electrons. The smallest absolute Gasteiger partial charge is 0.267 e. The number of sulfonamides is 1. The van der Waals surface area contributed by atoms with Gasteiger partial charge in [-0.25, -0.2) is 18.1 Å². The van der Waals surface area contributed by atoms with Gasteiger partial charge in [0, 0.05) is 29.3 Å². The van der Waals surface area contributed by atoms with E-state index in [9.17, 15) is 8.42 Å². The first kappa shape index (κ1) is 22.0. The zero-order chi connectivity index (χ0) is 22.9. The highest BCUT2D eigenvalue weighted by molar-refractivity contribution is 9.10. The van der Waals surface area contributed by atoms with Gasteiger partial charge in [0.15, 0.2) is 0 Å². The summed E-state index contributed by atoms with van der Waals surface area (Å²) in [6.07, 6.45) is 2.66. The predicted octanol–water partition coefficient (Wildman–Crippen LogP) is 4.85. The van der Waals surface area contributed by atoms with Gasteiger partial charge in [0.2, 0.25) is 11.8 Å². The van der Waals surface area contributed by atoms with Gasteiger partial charge in [0.25, 0.3) is 10.0 Å². The molecular weight excluding hydrogens is 494 g/mol. The Morgan fingerprint density at radius 1 is 1.03 bits per heavy atom. The zero-order valence-electron chi connectivity index (χ0n) is 17.6. The van der Waals surface area contributed by atoms with Crippen LogP contribution in [0, 0.1) is 13.8 Å². The van der Waals surface area contributed by atoms with Crippen LogP contribution in [0.5, 0.6) is 11.6 Å². The van der Waals surface area contributed by atoms with E-state index in [1.807, 2.05) is 44.2 Å². The van der Waals surface area contributed by atoms with Crippen LogP contribution in [-0.2, 0) is 17.1 Å². The van der Waals surface area contributed by atoms with Crippen LogP contribution in [0.3, 0.4) is 0 Å². The van der Waals surface area contributed by atoms with Gasteiger partial charge in [-0.05, 0) is 49.2 Å². The van der Waals surface area contributed by atoms with Gasteiger partial charge in [0.1, 0.15) is 10.6 Å². The van der Waals surface area contributed by atoms with E-state index >= 15 is 0 Å². The Balaban J connectivity index is 1.79. The Morgan fingerprint density at radius 2 is 1.72 bits per heavy atom. The van der Waals surface area contributed by atoms with E-state index in [0.717, 1.165) is 21.2 Å². The Morgan fingerprint density at radius 3 is 2.34 bits per heavy atom. The molecule has 0 aliphatic heterocycles. The van der Waals surface area contributed by atoms with Gasteiger partial charge < -0.3 is 4.74 Å². The molecule has 0 unspecified atom stereocenters. The van der Waals surface area contributed by atoms with Gasteiger partial charge in [-0.2, -0.15) is 10.1 Å². The molecular formula is C22H20BrN5O3S. The topological polar surface area (TPSA) is 99.0 Å². The molecule has 0 aliphatic carbocycles. The van der Waals surface area contributed by atoms with Gasteiger partial charge >= 0.3 is 0 Å². The van der Waals surface area contributed by atoms with Crippen molar-refractivity contribution in [1.29, 1.82) is 0 Å². The monoisotopic (exact) mass is 513 g/mol. The van der Waals surface area contributed by atoms with Crippen LogP contribution in [0.4, 0.5) is 5.95 Å². The molecule has 32 heavy (non-hydrogen) atoms. The third-order valence-electron chi connectivity index (χ3n) is 4.69. The lowest BCUT2D eigenvalue weighted by Crippen LogP contribution is -2.15. The molecule has 2 heterocycles.